The molecule has 5 aromatic carbocycles. The Morgan fingerprint density at radius 3 is 2.23 bits per heavy atom. The number of carbonyl (C=O) groups is 8. The van der Waals surface area contributed by atoms with E-state index in [1.54, 1.807) is 65.1 Å². The summed E-state index contributed by atoms with van der Waals surface area (Å²) in [4.78, 5) is 119. The average Bonchev–Trinajstić information content (AvgIpc) is 1.68. The summed E-state index contributed by atoms with van der Waals surface area (Å²) in [5.74, 6) is -2.32. The number of rotatable bonds is 22. The Hall–Kier alpha value is -8.93. The fourth-order valence-electron chi connectivity index (χ4n) is 12.0. The second-order valence-corrected chi connectivity index (χ2v) is 26.0. The van der Waals surface area contributed by atoms with Gasteiger partial charge in [0.15, 0.2) is 11.5 Å². The third kappa shape index (κ3) is 14.3. The maximum Gasteiger partial charge on any atom is 0.415 e. The smallest absolute Gasteiger partial charge is 0.415 e. The van der Waals surface area contributed by atoms with Gasteiger partial charge in [0.25, 0.3) is 33.7 Å². The molecule has 5 aromatic rings. The lowest BCUT2D eigenvalue weighted by Gasteiger charge is -2.32. The van der Waals surface area contributed by atoms with E-state index in [1.807, 2.05) is 61.7 Å². The van der Waals surface area contributed by atoms with Crippen LogP contribution in [-0.4, -0.2) is 177 Å². The number of nitrogens with one attached hydrogen (secondary N) is 2. The molecule has 0 spiro atoms. The van der Waals surface area contributed by atoms with Gasteiger partial charge in [-0.15, -0.1) is 11.6 Å². The number of likely N-dealkylation sites (N-methyl/N-ethyl adjacent to an activating group) is 2. The Morgan fingerprint density at radius 2 is 1.53 bits per heavy atom. The fourth-order valence-corrected chi connectivity index (χ4v) is 13.4. The topological polar surface area (TPSA) is 254 Å². The Kier molecular flexibility index (Phi) is 20.1. The molecule has 5 heterocycles. The Labute approximate surface area is 533 Å². The molecule has 0 aliphatic carbocycles. The first kappa shape index (κ1) is 65.0. The van der Waals surface area contributed by atoms with E-state index in [0.29, 0.717) is 89.4 Å². The van der Waals surface area contributed by atoms with Crippen LogP contribution in [0.2, 0.25) is 0 Å². The third-order valence-electron chi connectivity index (χ3n) is 17.2. The lowest BCUT2D eigenvalue weighted by molar-refractivity contribution is -0.137. The number of methoxy groups -OCH3 is 1. The predicted molar refractivity (Wildman–Crippen MR) is 343 cm³/mol. The third-order valence-corrected chi connectivity index (χ3v) is 19.4. The zero-order valence-electron chi connectivity index (χ0n) is 51.7. The quantitative estimate of drug-likeness (QED) is 0.0390. The number of nitrogens with zero attached hydrogens (tertiary/aromatic N) is 7. The van der Waals surface area contributed by atoms with Crippen LogP contribution < -0.4 is 29.7 Å². The van der Waals surface area contributed by atoms with Gasteiger partial charge in [0.05, 0.1) is 41.4 Å². The summed E-state index contributed by atoms with van der Waals surface area (Å²) in [6.45, 7) is 8.32. The molecular weight excluding hydrogens is 1210 g/mol. The molecule has 1 fully saturated rings. The minimum Gasteiger partial charge on any atom is -0.493 e. The van der Waals surface area contributed by atoms with Crippen LogP contribution in [0.3, 0.4) is 0 Å². The van der Waals surface area contributed by atoms with E-state index in [2.05, 4.69) is 15.5 Å². The SMILES string of the molecule is COc1cc2c(cc1OCc1cccc(CC(=O)N3C[C@@H](CCl)c4c3cc(OC(=O)N3CCN(C)CC3)c3ccccc43)c1)N=C[C@@H]1CC(c3ccc(S(=O)(=O)N(C)C(=O)[C@H](C)NC(=O)[C@@H](NC(=O)CCCCCN4C(=O)C=CC4=O)C(C)C)cc3)=CCN1C2=O. The van der Waals surface area contributed by atoms with Crippen LogP contribution in [0.1, 0.15) is 91.4 Å². The van der Waals surface area contributed by atoms with Gasteiger partial charge in [0.1, 0.15) is 24.4 Å². The summed E-state index contributed by atoms with van der Waals surface area (Å²) in [6.07, 6.45) is 7.63. The van der Waals surface area contributed by atoms with E-state index in [9.17, 15) is 46.8 Å². The maximum absolute atomic E-state index is 14.4. The molecule has 22 nitrogen and oxygen atoms in total. The first-order chi connectivity index (χ1) is 43.6. The number of anilines is 1. The lowest BCUT2D eigenvalue weighted by Crippen LogP contribution is -2.55. The van der Waals surface area contributed by atoms with Gasteiger partial charge in [-0.3, -0.25) is 43.5 Å². The van der Waals surface area contributed by atoms with Gasteiger partial charge in [-0.05, 0) is 90.6 Å². The zero-order valence-corrected chi connectivity index (χ0v) is 53.3. The number of benzene rings is 5. The highest BCUT2D eigenvalue weighted by molar-refractivity contribution is 7.89. The highest BCUT2D eigenvalue weighted by atomic mass is 35.5. The van der Waals surface area contributed by atoms with E-state index >= 15 is 0 Å². The molecule has 478 valence electrons. The van der Waals surface area contributed by atoms with Crippen LogP contribution in [0.4, 0.5) is 16.2 Å². The largest absolute Gasteiger partial charge is 0.493 e. The van der Waals surface area contributed by atoms with E-state index in [0.717, 1.165) is 58.1 Å². The fraction of sp³-hybridized carbons (Fsp3) is 0.388. The number of piperazine rings is 1. The first-order valence-electron chi connectivity index (χ1n) is 30.4. The normalized spacial score (nSPS) is 17.9. The highest BCUT2D eigenvalue weighted by Crippen LogP contribution is 2.46. The summed E-state index contributed by atoms with van der Waals surface area (Å²) >= 11 is 6.59. The molecule has 4 atom stereocenters. The lowest BCUT2D eigenvalue weighted by atomic mass is 9.94. The zero-order chi connectivity index (χ0) is 64.8. The molecule has 0 bridgehead atoms. The molecular formula is C67H74ClN9O13S. The second kappa shape index (κ2) is 28.1. The molecule has 0 unspecified atom stereocenters. The monoisotopic (exact) mass is 1280 g/mol. The van der Waals surface area contributed by atoms with Gasteiger partial charge in [-0.25, -0.2) is 17.5 Å². The molecule has 5 aliphatic heterocycles. The Balaban J connectivity index is 0.737. The van der Waals surface area contributed by atoms with Crippen molar-refractivity contribution in [1.82, 2.24) is 34.5 Å². The standard InChI is InChI=1S/C67H74ClN9O13S/c1-41(2)63(71-58(78)17-8-7-11-25-76-59(79)22-23-60(76)80)64(82)70-42(3)65(83)73(5)91(86,87)49-20-18-45(19-21-49)46-24-26-75-48(33-46)38-69-53-35-57(56(88-6)34-52(53)66(75)84)89-40-44-14-12-13-43(31-44)32-61(81)77-39-47(37-68)62-51-16-10-9-15-50(51)55(36-54(62)77)90-67(85)74-29-27-72(4)28-30-74/h9-10,12-16,18-24,31,34-36,38,41-42,47-48,63H,7-8,11,17,25-30,32-33,37,39-40H2,1-6H3,(H,70,82)(H,71,78)/t42-,47+,48-,63-/m0/s1. The molecule has 10 rings (SSSR count). The molecule has 1 saturated heterocycles. The van der Waals surface area contributed by atoms with Crippen LogP contribution in [0.15, 0.2) is 119 Å². The number of imide groups is 1. The molecule has 0 radical (unpaired) electrons. The van der Waals surface area contributed by atoms with Gasteiger partial charge >= 0.3 is 6.09 Å². The number of amides is 8. The minimum absolute atomic E-state index is 0.0712. The summed E-state index contributed by atoms with van der Waals surface area (Å²) in [7, 11) is 0.215. The molecule has 2 N–H and O–H groups in total. The van der Waals surface area contributed by atoms with Gasteiger partial charge in [0.2, 0.25) is 17.7 Å². The average molecular weight is 1280 g/mol. The predicted octanol–water partition coefficient (Wildman–Crippen LogP) is 7.38. The van der Waals surface area contributed by atoms with Gasteiger partial charge in [-0.1, -0.05) is 87.0 Å². The number of unbranched alkanes of at least 4 members (excludes halogenated alkanes) is 2. The number of carbonyl (C=O) groups excluding carboxylic acids is 8. The van der Waals surface area contributed by atoms with Crippen molar-refractivity contribution >= 4 is 103 Å². The number of hydrogen-bond acceptors (Lipinski definition) is 15. The molecule has 5 aliphatic rings. The van der Waals surface area contributed by atoms with Gasteiger partial charge in [-0.2, -0.15) is 0 Å². The number of alkyl halides is 1. The van der Waals surface area contributed by atoms with Crippen molar-refractivity contribution in [2.45, 2.75) is 94.8 Å². The summed E-state index contributed by atoms with van der Waals surface area (Å²) in [6, 6.07) is 23.6. The molecule has 0 saturated carbocycles. The summed E-state index contributed by atoms with van der Waals surface area (Å²) in [5.41, 5.74) is 5.36. The van der Waals surface area contributed by atoms with Gasteiger partial charge in [0, 0.05) is 107 Å². The Bertz CT molecular complexity index is 3880. The number of fused-ring (bicyclic) bond motifs is 5. The van der Waals surface area contributed by atoms with Crippen molar-refractivity contribution < 1.29 is 61.0 Å². The van der Waals surface area contributed by atoms with E-state index in [4.69, 9.17) is 30.8 Å². The number of ether oxygens (including phenoxy) is 3. The van der Waals surface area contributed by atoms with Crippen molar-refractivity contribution in [2.24, 2.45) is 10.9 Å². The molecule has 0 aromatic heterocycles. The van der Waals surface area contributed by atoms with Gasteiger partial charge < -0.3 is 44.4 Å². The van der Waals surface area contributed by atoms with Crippen LogP contribution in [0, 0.1) is 5.92 Å². The number of aliphatic imine (C=N–C) groups is 1. The minimum atomic E-state index is -4.40. The number of halogens is 1. The summed E-state index contributed by atoms with van der Waals surface area (Å²) in [5, 5.41) is 6.92. The van der Waals surface area contributed by atoms with E-state index in [-0.39, 0.29) is 78.8 Å². The number of hydrogen-bond donors (Lipinski definition) is 2. The van der Waals surface area contributed by atoms with Crippen molar-refractivity contribution in [1.29, 1.82) is 0 Å². The highest BCUT2D eigenvalue weighted by Gasteiger charge is 2.38. The van der Waals surface area contributed by atoms with Crippen LogP contribution in [0.25, 0.3) is 16.3 Å². The van der Waals surface area contributed by atoms with Crippen molar-refractivity contribution in [3.05, 3.63) is 137 Å². The number of sulfonamides is 1. The molecule has 91 heavy (non-hydrogen) atoms. The first-order valence-corrected chi connectivity index (χ1v) is 32.4. The van der Waals surface area contributed by atoms with Crippen LogP contribution in [-0.2, 0) is 51.8 Å². The van der Waals surface area contributed by atoms with Crippen LogP contribution >= 0.6 is 11.6 Å². The maximum atomic E-state index is 14.4. The molecule has 8 amide bonds. The second-order valence-electron chi connectivity index (χ2n) is 23.7. The molecule has 24 heteroatoms. The van der Waals surface area contributed by atoms with Crippen molar-refractivity contribution in [2.75, 3.05) is 77.8 Å². The van der Waals surface area contributed by atoms with E-state index in [1.165, 1.54) is 38.3 Å². The Morgan fingerprint density at radius 1 is 0.813 bits per heavy atom. The van der Waals surface area contributed by atoms with E-state index < -0.39 is 52.0 Å². The van der Waals surface area contributed by atoms with Crippen molar-refractivity contribution in [3.8, 4) is 17.2 Å². The van der Waals surface area contributed by atoms with Crippen LogP contribution in [0.5, 0.6) is 17.2 Å². The van der Waals surface area contributed by atoms with Crippen molar-refractivity contribution in [3.63, 3.8) is 0 Å². The summed E-state index contributed by atoms with van der Waals surface area (Å²) < 4.78 is 46.5.